The summed E-state index contributed by atoms with van der Waals surface area (Å²) >= 11 is 6.14. The Labute approximate surface area is 122 Å². The second kappa shape index (κ2) is 5.54. The molecule has 1 aromatic heterocycles. The molecular formula is C14H16ClN3O2. The van der Waals surface area contributed by atoms with Crippen LogP contribution in [-0.2, 0) is 4.74 Å². The number of benzene rings is 1. The van der Waals surface area contributed by atoms with E-state index in [1.807, 2.05) is 20.8 Å². The van der Waals surface area contributed by atoms with Crippen molar-refractivity contribution in [3.63, 3.8) is 0 Å². The van der Waals surface area contributed by atoms with E-state index in [1.165, 1.54) is 0 Å². The van der Waals surface area contributed by atoms with Crippen molar-refractivity contribution in [1.82, 2.24) is 9.97 Å². The third-order valence-corrected chi connectivity index (χ3v) is 2.73. The Morgan fingerprint density at radius 1 is 1.40 bits per heavy atom. The van der Waals surface area contributed by atoms with Crippen molar-refractivity contribution in [3.05, 3.63) is 35.7 Å². The third-order valence-electron chi connectivity index (χ3n) is 2.40. The molecule has 6 heteroatoms. The molecule has 1 amide bonds. The van der Waals surface area contributed by atoms with Gasteiger partial charge in [0.25, 0.3) is 0 Å². The summed E-state index contributed by atoms with van der Waals surface area (Å²) in [7, 11) is 0. The Morgan fingerprint density at radius 3 is 2.75 bits per heavy atom. The van der Waals surface area contributed by atoms with E-state index < -0.39 is 11.7 Å². The molecule has 5 nitrogen and oxygen atoms in total. The zero-order valence-electron chi connectivity index (χ0n) is 11.5. The molecule has 2 rings (SSSR count). The second-order valence-corrected chi connectivity index (χ2v) is 5.69. The molecule has 0 saturated heterocycles. The molecular weight excluding hydrogens is 278 g/mol. The maximum absolute atomic E-state index is 11.7. The normalized spacial score (nSPS) is 11.2. The van der Waals surface area contributed by atoms with Gasteiger partial charge in [0.05, 0.1) is 23.2 Å². The van der Waals surface area contributed by atoms with E-state index in [9.17, 15) is 4.79 Å². The molecule has 20 heavy (non-hydrogen) atoms. The first kappa shape index (κ1) is 14.4. The Balaban J connectivity index is 2.18. The number of rotatable bonds is 2. The molecule has 0 aliphatic carbocycles. The maximum Gasteiger partial charge on any atom is 0.412 e. The lowest BCUT2D eigenvalue weighted by atomic mass is 10.1. The molecule has 0 unspecified atom stereocenters. The van der Waals surface area contributed by atoms with Crippen molar-refractivity contribution in [2.24, 2.45) is 0 Å². The highest BCUT2D eigenvalue weighted by Crippen LogP contribution is 2.29. The van der Waals surface area contributed by atoms with Crippen LogP contribution in [0.15, 0.2) is 30.7 Å². The number of aromatic amines is 1. The standard InChI is InChI=1S/C14H16ClN3O2/c1-14(2,3)20-13(19)18-9-4-5-11(15)10(6-9)12-7-16-8-17-12/h4-8H,1-3H3,(H,16,17)(H,18,19). The predicted octanol–water partition coefficient (Wildman–Crippen LogP) is 4.08. The van der Waals surface area contributed by atoms with Crippen LogP contribution in [0.4, 0.5) is 10.5 Å². The first-order chi connectivity index (χ1) is 9.35. The van der Waals surface area contributed by atoms with Crippen LogP contribution >= 0.6 is 11.6 Å². The van der Waals surface area contributed by atoms with E-state index in [1.54, 1.807) is 30.7 Å². The number of carbonyl (C=O) groups excluding carboxylic acids is 1. The molecule has 106 valence electrons. The summed E-state index contributed by atoms with van der Waals surface area (Å²) < 4.78 is 5.20. The van der Waals surface area contributed by atoms with Crippen LogP contribution in [0, 0.1) is 0 Å². The lowest BCUT2D eigenvalue weighted by molar-refractivity contribution is 0.0636. The minimum absolute atomic E-state index is 0.504. The van der Waals surface area contributed by atoms with Crippen LogP contribution in [0.1, 0.15) is 20.8 Å². The molecule has 2 aromatic rings. The van der Waals surface area contributed by atoms with Crippen molar-refractivity contribution in [1.29, 1.82) is 0 Å². The molecule has 0 saturated carbocycles. The molecule has 1 aromatic carbocycles. The fourth-order valence-electron chi connectivity index (χ4n) is 1.63. The van der Waals surface area contributed by atoms with Crippen LogP contribution in [0.5, 0.6) is 0 Å². The molecule has 0 aliphatic heterocycles. The number of hydrogen-bond acceptors (Lipinski definition) is 3. The molecule has 1 heterocycles. The summed E-state index contributed by atoms with van der Waals surface area (Å²) in [4.78, 5) is 18.7. The number of imidazole rings is 1. The quantitative estimate of drug-likeness (QED) is 0.877. The Morgan fingerprint density at radius 2 is 2.15 bits per heavy atom. The largest absolute Gasteiger partial charge is 0.444 e. The number of ether oxygens (including phenoxy) is 1. The Kier molecular flexibility index (Phi) is 3.99. The Bertz CT molecular complexity index is 603. The van der Waals surface area contributed by atoms with E-state index in [2.05, 4.69) is 15.3 Å². The summed E-state index contributed by atoms with van der Waals surface area (Å²) in [5, 5.41) is 3.25. The molecule has 0 bridgehead atoms. The molecule has 0 spiro atoms. The maximum atomic E-state index is 11.7. The molecule has 2 N–H and O–H groups in total. The van der Waals surface area contributed by atoms with Crippen molar-refractivity contribution in [2.75, 3.05) is 5.32 Å². The second-order valence-electron chi connectivity index (χ2n) is 5.29. The number of halogens is 1. The number of aromatic nitrogens is 2. The lowest BCUT2D eigenvalue weighted by Crippen LogP contribution is -2.27. The lowest BCUT2D eigenvalue weighted by Gasteiger charge is -2.19. The van der Waals surface area contributed by atoms with Crippen LogP contribution < -0.4 is 5.32 Å². The minimum Gasteiger partial charge on any atom is -0.444 e. The number of H-pyrrole nitrogens is 1. The summed E-state index contributed by atoms with van der Waals surface area (Å²) in [5.74, 6) is 0. The van der Waals surface area contributed by atoms with Gasteiger partial charge in [-0.05, 0) is 39.0 Å². The Hall–Kier alpha value is -2.01. The monoisotopic (exact) mass is 293 g/mol. The number of amides is 1. The van der Waals surface area contributed by atoms with Gasteiger partial charge in [-0.1, -0.05) is 11.6 Å². The molecule has 0 aliphatic rings. The van der Waals surface area contributed by atoms with Crippen molar-refractivity contribution >= 4 is 23.4 Å². The number of nitrogens with zero attached hydrogens (tertiary/aromatic N) is 1. The van der Waals surface area contributed by atoms with Crippen LogP contribution in [0.2, 0.25) is 5.02 Å². The van der Waals surface area contributed by atoms with Gasteiger partial charge in [0.2, 0.25) is 0 Å². The van der Waals surface area contributed by atoms with E-state index in [0.717, 1.165) is 11.3 Å². The van der Waals surface area contributed by atoms with Gasteiger partial charge in [0.15, 0.2) is 0 Å². The van der Waals surface area contributed by atoms with Gasteiger partial charge in [-0.25, -0.2) is 9.78 Å². The number of nitrogens with one attached hydrogen (secondary N) is 2. The van der Waals surface area contributed by atoms with E-state index in [0.29, 0.717) is 10.7 Å². The highest BCUT2D eigenvalue weighted by atomic mass is 35.5. The van der Waals surface area contributed by atoms with E-state index in [4.69, 9.17) is 16.3 Å². The van der Waals surface area contributed by atoms with Gasteiger partial charge >= 0.3 is 6.09 Å². The van der Waals surface area contributed by atoms with E-state index >= 15 is 0 Å². The first-order valence-electron chi connectivity index (χ1n) is 6.13. The summed E-state index contributed by atoms with van der Waals surface area (Å²) in [6, 6.07) is 5.19. The SMILES string of the molecule is CC(C)(C)OC(=O)Nc1ccc(Cl)c(-c2cnc[nH]2)c1. The smallest absolute Gasteiger partial charge is 0.412 e. The van der Waals surface area contributed by atoms with Gasteiger partial charge in [-0.2, -0.15) is 0 Å². The summed E-state index contributed by atoms with van der Waals surface area (Å²) in [5.41, 5.74) is 1.61. The molecule has 0 fully saturated rings. The average Bonchev–Trinajstić information content (AvgIpc) is 2.82. The highest BCUT2D eigenvalue weighted by Gasteiger charge is 2.16. The van der Waals surface area contributed by atoms with Gasteiger partial charge in [-0.3, -0.25) is 5.32 Å². The van der Waals surface area contributed by atoms with Gasteiger partial charge in [0, 0.05) is 11.3 Å². The molecule has 0 radical (unpaired) electrons. The van der Waals surface area contributed by atoms with Crippen molar-refractivity contribution in [2.45, 2.75) is 26.4 Å². The fraction of sp³-hybridized carbons (Fsp3) is 0.286. The minimum atomic E-state index is -0.539. The summed E-state index contributed by atoms with van der Waals surface area (Å²) in [6.07, 6.45) is 2.73. The number of anilines is 1. The van der Waals surface area contributed by atoms with Crippen molar-refractivity contribution < 1.29 is 9.53 Å². The first-order valence-corrected chi connectivity index (χ1v) is 6.51. The third kappa shape index (κ3) is 3.74. The number of carbonyl (C=O) groups is 1. The summed E-state index contributed by atoms with van der Waals surface area (Å²) in [6.45, 7) is 5.43. The van der Waals surface area contributed by atoms with Crippen LogP contribution in [0.3, 0.4) is 0 Å². The van der Waals surface area contributed by atoms with Gasteiger partial charge in [0.1, 0.15) is 5.60 Å². The molecule has 0 atom stereocenters. The fourth-order valence-corrected chi connectivity index (χ4v) is 1.85. The highest BCUT2D eigenvalue weighted by molar-refractivity contribution is 6.33. The average molecular weight is 294 g/mol. The zero-order chi connectivity index (χ0) is 14.8. The van der Waals surface area contributed by atoms with Gasteiger partial charge in [-0.15, -0.1) is 0 Å². The predicted molar refractivity (Wildman–Crippen MR) is 78.9 cm³/mol. The van der Waals surface area contributed by atoms with Crippen LogP contribution in [-0.4, -0.2) is 21.7 Å². The number of hydrogen-bond donors (Lipinski definition) is 2. The van der Waals surface area contributed by atoms with E-state index in [-0.39, 0.29) is 0 Å². The van der Waals surface area contributed by atoms with Gasteiger partial charge < -0.3 is 9.72 Å². The zero-order valence-corrected chi connectivity index (χ0v) is 12.3. The van der Waals surface area contributed by atoms with Crippen molar-refractivity contribution in [3.8, 4) is 11.3 Å². The van der Waals surface area contributed by atoms with Crippen LogP contribution in [0.25, 0.3) is 11.3 Å². The topological polar surface area (TPSA) is 67.0 Å².